The Labute approximate surface area is 142 Å². The van der Waals surface area contributed by atoms with Crippen molar-refractivity contribution in [1.82, 2.24) is 0 Å². The number of nitrogen functional groups attached to an aromatic ring is 1. The molecule has 0 heterocycles. The maximum absolute atomic E-state index is 11.4. The Morgan fingerprint density at radius 2 is 1.23 bits per heavy atom. The van der Waals surface area contributed by atoms with Gasteiger partial charge in [-0.15, -0.1) is 0 Å². The summed E-state index contributed by atoms with van der Waals surface area (Å²) in [6.45, 7) is 0. The van der Waals surface area contributed by atoms with Crippen molar-refractivity contribution in [3.63, 3.8) is 0 Å². The summed E-state index contributed by atoms with van der Waals surface area (Å²) in [5.74, 6) is 0. The summed E-state index contributed by atoms with van der Waals surface area (Å²) >= 11 is 0. The molecule has 2 aromatic carbocycles. The predicted molar refractivity (Wildman–Crippen MR) is 86.1 cm³/mol. The van der Waals surface area contributed by atoms with Gasteiger partial charge < -0.3 is 5.73 Å². The van der Waals surface area contributed by atoms with E-state index in [1.807, 2.05) is 0 Å². The molecule has 0 fully saturated rings. The molecule has 0 bridgehead atoms. The van der Waals surface area contributed by atoms with Crippen LogP contribution in [0.15, 0.2) is 36.4 Å². The quantitative estimate of drug-likeness (QED) is 0.448. The molecular formula is C12H8N6O8. The number of nitro benzene ring substituents is 2. The Hall–Kier alpha value is -4.36. The fourth-order valence-electron chi connectivity index (χ4n) is 2.23. The van der Waals surface area contributed by atoms with Crippen molar-refractivity contribution in [2.24, 2.45) is 0 Å². The van der Waals surface area contributed by atoms with E-state index in [9.17, 15) is 40.5 Å². The molecule has 0 saturated carbocycles. The molecule has 0 amide bonds. The van der Waals surface area contributed by atoms with Crippen LogP contribution in [0.1, 0.15) is 0 Å². The van der Waals surface area contributed by atoms with Gasteiger partial charge >= 0.3 is 11.4 Å². The van der Waals surface area contributed by atoms with E-state index in [0.717, 1.165) is 6.07 Å². The lowest BCUT2D eigenvalue weighted by atomic mass is 10.0. The molecule has 0 atom stereocenters. The van der Waals surface area contributed by atoms with Crippen LogP contribution in [0.3, 0.4) is 0 Å². The minimum absolute atomic E-state index is 0.161. The molecule has 2 rings (SSSR count). The summed E-state index contributed by atoms with van der Waals surface area (Å²) in [5, 5.41) is 40.7. The van der Waals surface area contributed by atoms with Crippen molar-refractivity contribution in [2.75, 3.05) is 10.9 Å². The number of nitrogens with zero attached hydrogens (tertiary/aromatic N) is 5. The number of anilines is 2. The van der Waals surface area contributed by atoms with Crippen LogP contribution >= 0.6 is 0 Å². The van der Waals surface area contributed by atoms with Crippen molar-refractivity contribution < 1.29 is 19.9 Å². The summed E-state index contributed by atoms with van der Waals surface area (Å²) in [6, 6.07) is 7.12. The van der Waals surface area contributed by atoms with Gasteiger partial charge in [-0.05, 0) is 29.8 Å². The van der Waals surface area contributed by atoms with Gasteiger partial charge in [0.2, 0.25) is 15.2 Å². The molecule has 0 spiro atoms. The van der Waals surface area contributed by atoms with Crippen LogP contribution < -0.4 is 10.9 Å². The summed E-state index contributed by atoms with van der Waals surface area (Å²) in [7, 11) is 0. The zero-order valence-electron chi connectivity index (χ0n) is 12.5. The second kappa shape index (κ2) is 6.63. The Kier molecular flexibility index (Phi) is 4.59. The summed E-state index contributed by atoms with van der Waals surface area (Å²) < 4.78 is 0. The van der Waals surface area contributed by atoms with Crippen LogP contribution in [-0.4, -0.2) is 19.9 Å². The summed E-state index contributed by atoms with van der Waals surface area (Å²) in [5.41, 5.74) is 2.10. The molecule has 0 aliphatic heterocycles. The van der Waals surface area contributed by atoms with Crippen molar-refractivity contribution >= 4 is 22.7 Å². The number of hydrogen-bond acceptors (Lipinski definition) is 9. The van der Waals surface area contributed by atoms with Crippen LogP contribution in [0.4, 0.5) is 22.7 Å². The monoisotopic (exact) mass is 364 g/mol. The first kappa shape index (κ1) is 18.0. The lowest BCUT2D eigenvalue weighted by Crippen LogP contribution is -2.36. The Bertz CT molecular complexity index is 914. The largest absolute Gasteiger partial charge is 0.399 e. The van der Waals surface area contributed by atoms with Gasteiger partial charge in [-0.2, -0.15) is 0 Å². The molecule has 14 heteroatoms. The average molecular weight is 364 g/mol. The highest BCUT2D eigenvalue weighted by Gasteiger charge is 2.44. The highest BCUT2D eigenvalue weighted by molar-refractivity contribution is 5.86. The number of hydrazine groups is 2. The zero-order valence-corrected chi connectivity index (χ0v) is 12.5. The second-order valence-corrected chi connectivity index (χ2v) is 4.73. The van der Waals surface area contributed by atoms with Crippen LogP contribution in [0.5, 0.6) is 0 Å². The van der Waals surface area contributed by atoms with Crippen molar-refractivity contribution in [1.29, 1.82) is 0 Å². The minimum Gasteiger partial charge on any atom is -0.399 e. The fourth-order valence-corrected chi connectivity index (χ4v) is 2.23. The van der Waals surface area contributed by atoms with E-state index in [4.69, 9.17) is 5.73 Å². The van der Waals surface area contributed by atoms with Crippen LogP contribution in [0.25, 0.3) is 11.1 Å². The molecule has 2 aromatic rings. The van der Waals surface area contributed by atoms with Crippen LogP contribution in [0, 0.1) is 40.5 Å². The topological polar surface area (TPSA) is 202 Å². The third-order valence-corrected chi connectivity index (χ3v) is 3.24. The Morgan fingerprint density at radius 3 is 1.65 bits per heavy atom. The predicted octanol–water partition coefficient (Wildman–Crippen LogP) is 1.94. The molecule has 0 aromatic heterocycles. The van der Waals surface area contributed by atoms with E-state index in [2.05, 4.69) is 0 Å². The van der Waals surface area contributed by atoms with Gasteiger partial charge in [0.1, 0.15) is 0 Å². The highest BCUT2D eigenvalue weighted by Crippen LogP contribution is 2.44. The van der Waals surface area contributed by atoms with E-state index in [0.29, 0.717) is 11.8 Å². The first-order valence-electron chi connectivity index (χ1n) is 6.55. The summed E-state index contributed by atoms with van der Waals surface area (Å²) in [6.07, 6.45) is 0. The molecule has 26 heavy (non-hydrogen) atoms. The van der Waals surface area contributed by atoms with Crippen molar-refractivity contribution in [2.45, 2.75) is 0 Å². The summed E-state index contributed by atoms with van der Waals surface area (Å²) in [4.78, 5) is 42.1. The zero-order chi connectivity index (χ0) is 19.6. The molecule has 134 valence electrons. The molecular weight excluding hydrogens is 356 g/mol. The Morgan fingerprint density at radius 1 is 0.731 bits per heavy atom. The van der Waals surface area contributed by atoms with E-state index >= 15 is 0 Å². The molecule has 0 unspecified atom stereocenters. The van der Waals surface area contributed by atoms with Gasteiger partial charge in [-0.25, -0.2) is 20.2 Å². The first-order chi connectivity index (χ1) is 12.1. The van der Waals surface area contributed by atoms with Crippen molar-refractivity contribution in [3.05, 3.63) is 76.9 Å². The standard InChI is InChI=1S/C12H8N6O8/c13-8-3-1-7(2-4-8)9-5-6-10(14(17(23)24)18(25)26)12(16(21)22)11(9)15(19)20/h1-6H,13H2. The molecule has 0 saturated heterocycles. The molecule has 0 aliphatic rings. The smallest absolute Gasteiger partial charge is 0.382 e. The normalized spacial score (nSPS) is 10.2. The molecule has 14 nitrogen and oxygen atoms in total. The molecule has 2 N–H and O–H groups in total. The van der Waals surface area contributed by atoms with E-state index < -0.39 is 42.1 Å². The first-order valence-corrected chi connectivity index (χ1v) is 6.55. The number of rotatable bonds is 6. The van der Waals surface area contributed by atoms with Crippen LogP contribution in [-0.2, 0) is 0 Å². The third kappa shape index (κ3) is 3.14. The van der Waals surface area contributed by atoms with Crippen LogP contribution in [0.2, 0.25) is 0 Å². The number of nitro groups is 4. The van der Waals surface area contributed by atoms with E-state index in [1.54, 1.807) is 0 Å². The van der Waals surface area contributed by atoms with Gasteiger partial charge in [0.25, 0.3) is 5.69 Å². The van der Waals surface area contributed by atoms with Gasteiger partial charge in [0, 0.05) is 5.69 Å². The van der Waals surface area contributed by atoms with E-state index in [-0.39, 0.29) is 11.1 Å². The second-order valence-electron chi connectivity index (χ2n) is 4.73. The highest BCUT2D eigenvalue weighted by atomic mass is 16.8. The minimum atomic E-state index is -1.53. The molecule has 0 radical (unpaired) electrons. The van der Waals surface area contributed by atoms with Crippen molar-refractivity contribution in [3.8, 4) is 11.1 Å². The number of benzene rings is 2. The van der Waals surface area contributed by atoms with Gasteiger partial charge in [0.15, 0.2) is 0 Å². The average Bonchev–Trinajstić information content (AvgIpc) is 2.54. The number of nitrogens with two attached hydrogens (primary N) is 1. The Balaban J connectivity index is 2.87. The maximum Gasteiger partial charge on any atom is 0.382 e. The lowest BCUT2D eigenvalue weighted by Gasteiger charge is -2.08. The van der Waals surface area contributed by atoms with Gasteiger partial charge in [0.05, 0.1) is 15.4 Å². The number of hydrogen-bond donors (Lipinski definition) is 1. The van der Waals surface area contributed by atoms with Gasteiger partial charge in [-0.3, -0.25) is 20.2 Å². The van der Waals surface area contributed by atoms with E-state index in [1.165, 1.54) is 24.3 Å². The van der Waals surface area contributed by atoms with Gasteiger partial charge in [-0.1, -0.05) is 12.1 Å². The fraction of sp³-hybridized carbons (Fsp3) is 0. The SMILES string of the molecule is Nc1ccc(-c2ccc(N([N+](=O)[O-])[N+](=O)[O-])c([N+](=O)[O-])c2[N+](=O)[O-])cc1. The third-order valence-electron chi connectivity index (χ3n) is 3.24. The lowest BCUT2D eigenvalue weighted by molar-refractivity contribution is -0.712. The molecule has 0 aliphatic carbocycles. The maximum atomic E-state index is 11.4.